The van der Waals surface area contributed by atoms with Crippen LogP contribution >= 0.6 is 11.8 Å². The van der Waals surface area contributed by atoms with Crippen LogP contribution in [0.3, 0.4) is 0 Å². The van der Waals surface area contributed by atoms with Crippen molar-refractivity contribution >= 4 is 40.3 Å². The van der Waals surface area contributed by atoms with Gasteiger partial charge in [0, 0.05) is 25.8 Å². The molecule has 0 N–H and O–H groups in total. The number of aliphatic imine (C=N–C) groups is 1. The number of nitrogens with zero attached hydrogens (tertiary/aromatic N) is 3. The summed E-state index contributed by atoms with van der Waals surface area (Å²) in [7, 11) is 1.80. The molecular formula is C24H27N3OS. The Kier molecular flexibility index (Phi) is 5.50. The minimum Gasteiger partial charge on any atom is -0.372 e. The standard InChI is InChI=1S/C24H27N3OS/c1-16-13-17(2)22(18(3)14-16)25-24-26(4)23(28)21(29-24)15-19-7-9-20(10-8-19)27-11-5-6-12-27/h7-10,13-15H,5-6,11-12H2,1-4H3/b21-15-,25-24?. The molecule has 2 aromatic carbocycles. The van der Waals surface area contributed by atoms with Gasteiger partial charge in [0.2, 0.25) is 0 Å². The van der Waals surface area contributed by atoms with E-state index >= 15 is 0 Å². The molecule has 0 spiro atoms. The third kappa shape index (κ3) is 4.10. The van der Waals surface area contributed by atoms with Crippen molar-refractivity contribution in [2.45, 2.75) is 33.6 Å². The number of thioether (sulfide) groups is 1. The fourth-order valence-electron chi connectivity index (χ4n) is 4.00. The Labute approximate surface area is 177 Å². The number of anilines is 1. The maximum absolute atomic E-state index is 12.8. The van der Waals surface area contributed by atoms with Gasteiger partial charge >= 0.3 is 0 Å². The fourth-order valence-corrected chi connectivity index (χ4v) is 4.98. The molecule has 150 valence electrons. The van der Waals surface area contributed by atoms with Crippen LogP contribution in [0.5, 0.6) is 0 Å². The lowest BCUT2D eigenvalue weighted by atomic mass is 10.1. The van der Waals surface area contributed by atoms with Crippen molar-refractivity contribution in [3.63, 3.8) is 0 Å². The molecule has 2 aliphatic heterocycles. The Morgan fingerprint density at radius 1 is 1.00 bits per heavy atom. The van der Waals surface area contributed by atoms with Gasteiger partial charge in [-0.2, -0.15) is 0 Å². The van der Waals surface area contributed by atoms with E-state index in [0.29, 0.717) is 4.91 Å². The van der Waals surface area contributed by atoms with Crippen molar-refractivity contribution in [3.05, 3.63) is 63.6 Å². The highest BCUT2D eigenvalue weighted by Crippen LogP contribution is 2.35. The van der Waals surface area contributed by atoms with Crippen molar-refractivity contribution in [2.75, 3.05) is 25.0 Å². The van der Waals surface area contributed by atoms with Gasteiger partial charge in [0.05, 0.1) is 10.6 Å². The van der Waals surface area contributed by atoms with Crippen LogP contribution in [0.15, 0.2) is 46.3 Å². The Bertz CT molecular complexity index is 978. The van der Waals surface area contributed by atoms with E-state index in [2.05, 4.69) is 62.1 Å². The number of carbonyl (C=O) groups is 1. The van der Waals surface area contributed by atoms with Crippen LogP contribution in [-0.4, -0.2) is 36.1 Å². The van der Waals surface area contributed by atoms with Crippen LogP contribution in [0, 0.1) is 20.8 Å². The molecule has 2 aliphatic rings. The van der Waals surface area contributed by atoms with Crippen LogP contribution in [0.4, 0.5) is 11.4 Å². The van der Waals surface area contributed by atoms with Gasteiger partial charge in [-0.3, -0.25) is 9.69 Å². The molecule has 0 radical (unpaired) electrons. The van der Waals surface area contributed by atoms with Gasteiger partial charge in [0.1, 0.15) is 0 Å². The molecular weight excluding hydrogens is 378 g/mol. The number of likely N-dealkylation sites (N-methyl/N-ethyl adjacent to an activating group) is 1. The smallest absolute Gasteiger partial charge is 0.266 e. The summed E-state index contributed by atoms with van der Waals surface area (Å²) in [6.07, 6.45) is 4.51. The molecule has 2 heterocycles. The second-order valence-corrected chi connectivity index (χ2v) is 8.91. The van der Waals surface area contributed by atoms with E-state index in [-0.39, 0.29) is 5.91 Å². The van der Waals surface area contributed by atoms with Crippen molar-refractivity contribution in [2.24, 2.45) is 4.99 Å². The molecule has 2 saturated heterocycles. The Morgan fingerprint density at radius 3 is 2.24 bits per heavy atom. The van der Waals surface area contributed by atoms with E-state index in [1.165, 1.54) is 35.9 Å². The predicted octanol–water partition coefficient (Wildman–Crippen LogP) is 5.45. The molecule has 4 rings (SSSR count). The van der Waals surface area contributed by atoms with Crippen LogP contribution in [-0.2, 0) is 4.79 Å². The number of rotatable bonds is 3. The zero-order chi connectivity index (χ0) is 20.5. The fraction of sp³-hybridized carbons (Fsp3) is 0.333. The first-order chi connectivity index (χ1) is 13.9. The molecule has 0 aromatic heterocycles. The van der Waals surface area contributed by atoms with E-state index in [1.807, 2.05) is 6.08 Å². The molecule has 0 unspecified atom stereocenters. The number of aryl methyl sites for hydroxylation is 3. The Morgan fingerprint density at radius 2 is 1.62 bits per heavy atom. The molecule has 29 heavy (non-hydrogen) atoms. The number of amidine groups is 1. The molecule has 2 aromatic rings. The van der Waals surface area contributed by atoms with Gasteiger partial charge in [0.15, 0.2) is 5.17 Å². The number of hydrogen-bond acceptors (Lipinski definition) is 4. The van der Waals surface area contributed by atoms with Crippen LogP contribution in [0.25, 0.3) is 6.08 Å². The molecule has 0 saturated carbocycles. The van der Waals surface area contributed by atoms with Crippen LogP contribution in [0.2, 0.25) is 0 Å². The third-order valence-electron chi connectivity index (χ3n) is 5.51. The monoisotopic (exact) mass is 405 g/mol. The quantitative estimate of drug-likeness (QED) is 0.638. The molecule has 0 atom stereocenters. The molecule has 2 fully saturated rings. The predicted molar refractivity (Wildman–Crippen MR) is 124 cm³/mol. The summed E-state index contributed by atoms with van der Waals surface area (Å²) in [5, 5.41) is 0.727. The van der Waals surface area contributed by atoms with E-state index < -0.39 is 0 Å². The average Bonchev–Trinajstić information content (AvgIpc) is 3.30. The van der Waals surface area contributed by atoms with Crippen LogP contribution < -0.4 is 4.90 Å². The summed E-state index contributed by atoms with van der Waals surface area (Å²) in [6, 6.07) is 12.8. The normalized spacial score (nSPS) is 19.8. The van der Waals surface area contributed by atoms with Crippen molar-refractivity contribution in [3.8, 4) is 0 Å². The molecule has 1 amide bonds. The number of benzene rings is 2. The summed E-state index contributed by atoms with van der Waals surface area (Å²) >= 11 is 1.44. The molecule has 4 nitrogen and oxygen atoms in total. The summed E-state index contributed by atoms with van der Waals surface area (Å²) in [4.78, 5) is 22.4. The van der Waals surface area contributed by atoms with Crippen LogP contribution in [0.1, 0.15) is 35.1 Å². The van der Waals surface area contributed by atoms with E-state index in [4.69, 9.17) is 4.99 Å². The third-order valence-corrected chi connectivity index (χ3v) is 6.57. The van der Waals surface area contributed by atoms with Gasteiger partial charge in [-0.05, 0) is 80.3 Å². The first-order valence-electron chi connectivity index (χ1n) is 10.1. The second kappa shape index (κ2) is 8.07. The highest BCUT2D eigenvalue weighted by Gasteiger charge is 2.30. The highest BCUT2D eigenvalue weighted by atomic mass is 32.2. The van der Waals surface area contributed by atoms with E-state index in [0.717, 1.165) is 40.6 Å². The minimum atomic E-state index is -0.000197. The lowest BCUT2D eigenvalue weighted by molar-refractivity contribution is -0.121. The van der Waals surface area contributed by atoms with E-state index in [1.54, 1.807) is 11.9 Å². The highest BCUT2D eigenvalue weighted by molar-refractivity contribution is 8.18. The van der Waals surface area contributed by atoms with Gasteiger partial charge in [-0.15, -0.1) is 0 Å². The summed E-state index contributed by atoms with van der Waals surface area (Å²) in [5.41, 5.74) is 6.75. The van der Waals surface area contributed by atoms with Gasteiger partial charge in [0.25, 0.3) is 5.91 Å². The van der Waals surface area contributed by atoms with Crippen molar-refractivity contribution in [1.82, 2.24) is 4.90 Å². The SMILES string of the molecule is Cc1cc(C)c(N=C2S/C(=C\c3ccc(N4CCCC4)cc3)C(=O)N2C)c(C)c1. The Hall–Kier alpha value is -2.53. The largest absolute Gasteiger partial charge is 0.372 e. The molecule has 0 aliphatic carbocycles. The lowest BCUT2D eigenvalue weighted by Gasteiger charge is -2.17. The minimum absolute atomic E-state index is 0.000197. The summed E-state index contributed by atoms with van der Waals surface area (Å²) < 4.78 is 0. The molecule has 0 bridgehead atoms. The maximum atomic E-state index is 12.8. The average molecular weight is 406 g/mol. The number of carbonyl (C=O) groups excluding carboxylic acids is 1. The van der Waals surface area contributed by atoms with Crippen molar-refractivity contribution < 1.29 is 4.79 Å². The Balaban J connectivity index is 1.58. The number of hydrogen-bond donors (Lipinski definition) is 0. The number of amides is 1. The first-order valence-corrected chi connectivity index (χ1v) is 10.9. The molecule has 5 heteroatoms. The zero-order valence-electron chi connectivity index (χ0n) is 17.5. The van der Waals surface area contributed by atoms with Gasteiger partial charge in [-0.25, -0.2) is 4.99 Å². The maximum Gasteiger partial charge on any atom is 0.266 e. The first kappa shape index (κ1) is 19.8. The van der Waals surface area contributed by atoms with Crippen molar-refractivity contribution in [1.29, 1.82) is 0 Å². The summed E-state index contributed by atoms with van der Waals surface area (Å²) in [6.45, 7) is 8.50. The van der Waals surface area contributed by atoms with Gasteiger partial charge < -0.3 is 4.90 Å². The topological polar surface area (TPSA) is 35.9 Å². The lowest BCUT2D eigenvalue weighted by Crippen LogP contribution is -2.23. The summed E-state index contributed by atoms with van der Waals surface area (Å²) in [5.74, 6) is -0.000197. The zero-order valence-corrected chi connectivity index (χ0v) is 18.3. The van der Waals surface area contributed by atoms with Gasteiger partial charge in [-0.1, -0.05) is 29.8 Å². The van der Waals surface area contributed by atoms with E-state index in [9.17, 15) is 4.79 Å². The second-order valence-electron chi connectivity index (χ2n) is 7.90.